The van der Waals surface area contributed by atoms with Crippen LogP contribution < -0.4 is 5.73 Å². The first-order chi connectivity index (χ1) is 5.55. The zero-order chi connectivity index (χ0) is 9.19. The largest absolute Gasteiger partial charge is 0.387 e. The quantitative estimate of drug-likeness (QED) is 0.483. The Bertz CT molecular complexity index is 167. The fraction of sp³-hybridized carbons (Fsp3) is 0.900. The Labute approximate surface area is 75.0 Å². The van der Waals surface area contributed by atoms with Crippen LogP contribution in [0.1, 0.15) is 46.0 Å². The number of hydrogen-bond acceptors (Lipinski definition) is 1. The molecule has 1 fully saturated rings. The minimum absolute atomic E-state index is 0.0690. The van der Waals surface area contributed by atoms with Crippen LogP contribution in [0.25, 0.3) is 0 Å². The van der Waals surface area contributed by atoms with Crippen LogP contribution in [0.5, 0.6) is 0 Å². The standard InChI is InChI=1S/C10H20N2/c1-10(2,9(11)12)8-6-4-3-5-7-8/h8H,3-7H2,1-2H3,(H3,11,12). The topological polar surface area (TPSA) is 49.9 Å². The van der Waals surface area contributed by atoms with Gasteiger partial charge in [-0.1, -0.05) is 33.1 Å². The molecule has 0 aromatic carbocycles. The molecular formula is C10H20N2. The lowest BCUT2D eigenvalue weighted by molar-refractivity contribution is 0.227. The van der Waals surface area contributed by atoms with E-state index in [1.165, 1.54) is 32.1 Å². The molecule has 2 nitrogen and oxygen atoms in total. The third-order valence-corrected chi connectivity index (χ3v) is 3.32. The predicted octanol–water partition coefficient (Wildman–Crippen LogP) is 2.53. The van der Waals surface area contributed by atoms with E-state index in [1.807, 2.05) is 0 Å². The first-order valence-electron chi connectivity index (χ1n) is 4.89. The number of amidine groups is 1. The molecule has 1 saturated carbocycles. The fourth-order valence-corrected chi connectivity index (χ4v) is 2.04. The van der Waals surface area contributed by atoms with Gasteiger partial charge in [0.15, 0.2) is 0 Å². The maximum absolute atomic E-state index is 7.51. The summed E-state index contributed by atoms with van der Waals surface area (Å²) in [6.45, 7) is 4.20. The molecule has 0 atom stereocenters. The van der Waals surface area contributed by atoms with Crippen molar-refractivity contribution in [1.82, 2.24) is 0 Å². The van der Waals surface area contributed by atoms with Gasteiger partial charge >= 0.3 is 0 Å². The summed E-state index contributed by atoms with van der Waals surface area (Å²) in [5.41, 5.74) is 5.52. The van der Waals surface area contributed by atoms with Crippen LogP contribution in [0.2, 0.25) is 0 Å². The summed E-state index contributed by atoms with van der Waals surface area (Å²) in [5, 5.41) is 7.51. The molecule has 1 aliphatic rings. The van der Waals surface area contributed by atoms with Gasteiger partial charge < -0.3 is 5.73 Å². The smallest absolute Gasteiger partial charge is 0.0965 e. The lowest BCUT2D eigenvalue weighted by Crippen LogP contribution is -2.38. The summed E-state index contributed by atoms with van der Waals surface area (Å²) < 4.78 is 0. The average Bonchev–Trinajstić information content (AvgIpc) is 2.06. The second-order valence-electron chi connectivity index (χ2n) is 4.47. The zero-order valence-electron chi connectivity index (χ0n) is 8.19. The van der Waals surface area contributed by atoms with Gasteiger partial charge in [0.1, 0.15) is 0 Å². The Morgan fingerprint density at radius 2 is 1.75 bits per heavy atom. The molecule has 1 rings (SSSR count). The van der Waals surface area contributed by atoms with Crippen molar-refractivity contribution >= 4 is 5.84 Å². The van der Waals surface area contributed by atoms with Crippen LogP contribution in [0.15, 0.2) is 0 Å². The molecule has 0 heterocycles. The van der Waals surface area contributed by atoms with Gasteiger partial charge in [-0.05, 0) is 18.8 Å². The Balaban J connectivity index is 2.59. The Kier molecular flexibility index (Phi) is 2.76. The molecule has 3 N–H and O–H groups in total. The molecule has 0 radical (unpaired) electrons. The highest BCUT2D eigenvalue weighted by atomic mass is 14.7. The molecule has 70 valence electrons. The average molecular weight is 168 g/mol. The van der Waals surface area contributed by atoms with Crippen LogP contribution in [0.4, 0.5) is 0 Å². The monoisotopic (exact) mass is 168 g/mol. The molecule has 0 aromatic rings. The van der Waals surface area contributed by atoms with E-state index in [4.69, 9.17) is 11.1 Å². The Morgan fingerprint density at radius 1 is 1.25 bits per heavy atom. The SMILES string of the molecule is CC(C)(C(=N)N)C1CCCCC1. The number of nitrogens with two attached hydrogens (primary N) is 1. The molecule has 0 unspecified atom stereocenters. The Morgan fingerprint density at radius 3 is 2.17 bits per heavy atom. The van der Waals surface area contributed by atoms with E-state index in [2.05, 4.69) is 13.8 Å². The maximum Gasteiger partial charge on any atom is 0.0965 e. The van der Waals surface area contributed by atoms with E-state index in [0.29, 0.717) is 11.8 Å². The molecule has 12 heavy (non-hydrogen) atoms. The number of nitrogens with one attached hydrogen (secondary N) is 1. The summed E-state index contributed by atoms with van der Waals surface area (Å²) >= 11 is 0. The van der Waals surface area contributed by atoms with Gasteiger partial charge in [0.2, 0.25) is 0 Å². The molecule has 0 amide bonds. The van der Waals surface area contributed by atoms with Crippen LogP contribution in [-0.2, 0) is 0 Å². The first kappa shape index (κ1) is 9.56. The van der Waals surface area contributed by atoms with E-state index in [9.17, 15) is 0 Å². The van der Waals surface area contributed by atoms with Gasteiger partial charge in [0.25, 0.3) is 0 Å². The van der Waals surface area contributed by atoms with E-state index >= 15 is 0 Å². The predicted molar refractivity (Wildman–Crippen MR) is 52.3 cm³/mol. The van der Waals surface area contributed by atoms with Gasteiger partial charge in [0.05, 0.1) is 5.84 Å². The highest BCUT2D eigenvalue weighted by Gasteiger charge is 2.32. The molecule has 0 aromatic heterocycles. The van der Waals surface area contributed by atoms with Crippen molar-refractivity contribution in [2.45, 2.75) is 46.0 Å². The van der Waals surface area contributed by atoms with Crippen molar-refractivity contribution in [3.8, 4) is 0 Å². The number of rotatable bonds is 2. The lowest BCUT2D eigenvalue weighted by atomic mass is 9.70. The van der Waals surface area contributed by atoms with E-state index < -0.39 is 0 Å². The molecule has 0 spiro atoms. The van der Waals surface area contributed by atoms with Gasteiger partial charge in [0, 0.05) is 5.41 Å². The van der Waals surface area contributed by atoms with Gasteiger partial charge in [-0.15, -0.1) is 0 Å². The van der Waals surface area contributed by atoms with Gasteiger partial charge in [-0.2, -0.15) is 0 Å². The zero-order valence-corrected chi connectivity index (χ0v) is 8.19. The molecule has 2 heteroatoms. The second kappa shape index (κ2) is 3.46. The van der Waals surface area contributed by atoms with Gasteiger partial charge in [-0.3, -0.25) is 5.41 Å². The molecule has 1 aliphatic carbocycles. The van der Waals surface area contributed by atoms with Crippen molar-refractivity contribution in [2.75, 3.05) is 0 Å². The summed E-state index contributed by atoms with van der Waals surface area (Å²) in [4.78, 5) is 0. The van der Waals surface area contributed by atoms with Crippen LogP contribution >= 0.6 is 0 Å². The van der Waals surface area contributed by atoms with E-state index in [-0.39, 0.29) is 5.41 Å². The summed E-state index contributed by atoms with van der Waals surface area (Å²) in [6.07, 6.45) is 6.52. The van der Waals surface area contributed by atoms with Crippen molar-refractivity contribution < 1.29 is 0 Å². The second-order valence-corrected chi connectivity index (χ2v) is 4.47. The van der Waals surface area contributed by atoms with Crippen molar-refractivity contribution in [3.63, 3.8) is 0 Å². The molecule has 0 bridgehead atoms. The normalized spacial score (nSPS) is 20.8. The lowest BCUT2D eigenvalue weighted by Gasteiger charge is -2.35. The van der Waals surface area contributed by atoms with E-state index in [1.54, 1.807) is 0 Å². The van der Waals surface area contributed by atoms with Crippen molar-refractivity contribution in [1.29, 1.82) is 5.41 Å². The minimum atomic E-state index is -0.0690. The highest BCUT2D eigenvalue weighted by Crippen LogP contribution is 2.37. The maximum atomic E-state index is 7.51. The van der Waals surface area contributed by atoms with Crippen molar-refractivity contribution in [2.24, 2.45) is 17.1 Å². The number of hydrogen-bond donors (Lipinski definition) is 2. The molecular weight excluding hydrogens is 148 g/mol. The Hall–Kier alpha value is -0.530. The third-order valence-electron chi connectivity index (χ3n) is 3.32. The van der Waals surface area contributed by atoms with E-state index in [0.717, 1.165) is 0 Å². The summed E-state index contributed by atoms with van der Waals surface area (Å²) in [5.74, 6) is 0.998. The van der Waals surface area contributed by atoms with Crippen molar-refractivity contribution in [3.05, 3.63) is 0 Å². The third kappa shape index (κ3) is 1.79. The molecule has 0 aliphatic heterocycles. The summed E-state index contributed by atoms with van der Waals surface area (Å²) in [6, 6.07) is 0. The first-order valence-corrected chi connectivity index (χ1v) is 4.89. The highest BCUT2D eigenvalue weighted by molar-refractivity contribution is 5.83. The van der Waals surface area contributed by atoms with Gasteiger partial charge in [-0.25, -0.2) is 0 Å². The summed E-state index contributed by atoms with van der Waals surface area (Å²) in [7, 11) is 0. The van der Waals surface area contributed by atoms with Crippen LogP contribution in [0.3, 0.4) is 0 Å². The van der Waals surface area contributed by atoms with Crippen LogP contribution in [0, 0.1) is 16.7 Å². The van der Waals surface area contributed by atoms with Crippen LogP contribution in [-0.4, -0.2) is 5.84 Å². The molecule has 0 saturated heterocycles. The fourth-order valence-electron chi connectivity index (χ4n) is 2.04. The minimum Gasteiger partial charge on any atom is -0.387 e.